The van der Waals surface area contributed by atoms with Crippen LogP contribution in [0, 0.1) is 5.82 Å². The predicted octanol–water partition coefficient (Wildman–Crippen LogP) is 4.84. The van der Waals surface area contributed by atoms with Crippen LogP contribution in [0.1, 0.15) is 17.3 Å². The van der Waals surface area contributed by atoms with Gasteiger partial charge in [-0.25, -0.2) is 4.39 Å². The Balaban J connectivity index is 2.34. The molecule has 0 aromatic heterocycles. The standard InChI is InChI=1S/C16H13BrF3NO3/c1-2-23-14-11(17)7-9(18)8-12(14)21-15(22)10-5-3-4-6-13(10)24-16(19)20/h3-8,16H,2H2,1H3,(H,21,22). The second kappa shape index (κ2) is 8.05. The first-order valence-corrected chi connectivity index (χ1v) is 7.68. The van der Waals surface area contributed by atoms with Crippen LogP contribution in [0.15, 0.2) is 40.9 Å². The van der Waals surface area contributed by atoms with Crippen LogP contribution < -0.4 is 14.8 Å². The van der Waals surface area contributed by atoms with Crippen molar-refractivity contribution >= 4 is 27.5 Å². The van der Waals surface area contributed by atoms with E-state index in [0.29, 0.717) is 4.47 Å². The molecule has 0 aliphatic rings. The van der Waals surface area contributed by atoms with Gasteiger partial charge in [-0.3, -0.25) is 4.79 Å². The van der Waals surface area contributed by atoms with Gasteiger partial charge in [0.2, 0.25) is 0 Å². The molecule has 1 N–H and O–H groups in total. The number of halogens is 4. The zero-order valence-electron chi connectivity index (χ0n) is 12.5. The van der Waals surface area contributed by atoms with Gasteiger partial charge in [0.25, 0.3) is 5.91 Å². The number of para-hydroxylation sites is 1. The third kappa shape index (κ3) is 4.41. The van der Waals surface area contributed by atoms with Gasteiger partial charge in [0.1, 0.15) is 11.6 Å². The lowest BCUT2D eigenvalue weighted by Crippen LogP contribution is -2.16. The Kier molecular flexibility index (Phi) is 6.08. The molecule has 0 fully saturated rings. The number of ether oxygens (including phenoxy) is 2. The van der Waals surface area contributed by atoms with Gasteiger partial charge < -0.3 is 14.8 Å². The van der Waals surface area contributed by atoms with Gasteiger partial charge >= 0.3 is 6.61 Å². The number of hydrogen-bond acceptors (Lipinski definition) is 3. The highest BCUT2D eigenvalue weighted by Crippen LogP contribution is 2.35. The Morgan fingerprint density at radius 2 is 2.00 bits per heavy atom. The normalized spacial score (nSPS) is 10.6. The molecule has 0 aliphatic carbocycles. The van der Waals surface area contributed by atoms with Gasteiger partial charge in [0.15, 0.2) is 5.75 Å². The second-order valence-corrected chi connectivity index (χ2v) is 5.38. The summed E-state index contributed by atoms with van der Waals surface area (Å²) in [5.41, 5.74) is -0.0405. The van der Waals surface area contributed by atoms with Crippen LogP contribution in [0.5, 0.6) is 11.5 Å². The first-order valence-electron chi connectivity index (χ1n) is 6.89. The summed E-state index contributed by atoms with van der Waals surface area (Å²) >= 11 is 3.15. The zero-order chi connectivity index (χ0) is 17.7. The third-order valence-corrected chi connectivity index (χ3v) is 3.48. The van der Waals surface area contributed by atoms with Gasteiger partial charge in [0.05, 0.1) is 22.3 Å². The molecular weight excluding hydrogens is 391 g/mol. The number of benzene rings is 2. The topological polar surface area (TPSA) is 47.6 Å². The molecule has 4 nitrogen and oxygen atoms in total. The molecule has 128 valence electrons. The minimum absolute atomic E-state index is 0.0700. The fourth-order valence-electron chi connectivity index (χ4n) is 1.99. The molecule has 24 heavy (non-hydrogen) atoms. The van der Waals surface area contributed by atoms with E-state index in [-0.39, 0.29) is 29.4 Å². The van der Waals surface area contributed by atoms with Gasteiger partial charge in [-0.05, 0) is 41.1 Å². The Bertz CT molecular complexity index is 741. The van der Waals surface area contributed by atoms with Crippen molar-refractivity contribution in [3.05, 3.63) is 52.3 Å². The van der Waals surface area contributed by atoms with E-state index in [1.54, 1.807) is 6.92 Å². The average molecular weight is 404 g/mol. The second-order valence-electron chi connectivity index (χ2n) is 4.53. The first-order chi connectivity index (χ1) is 11.4. The van der Waals surface area contributed by atoms with Crippen molar-refractivity contribution in [2.45, 2.75) is 13.5 Å². The average Bonchev–Trinajstić information content (AvgIpc) is 2.50. The van der Waals surface area contributed by atoms with Crippen molar-refractivity contribution in [2.24, 2.45) is 0 Å². The number of rotatable bonds is 6. The number of alkyl halides is 2. The Labute approximate surface area is 144 Å². The first kappa shape index (κ1) is 18.1. The summed E-state index contributed by atoms with van der Waals surface area (Å²) in [4.78, 5) is 12.4. The molecule has 0 heterocycles. The minimum atomic E-state index is -3.07. The Morgan fingerprint density at radius 3 is 2.67 bits per heavy atom. The number of hydrogen-bond donors (Lipinski definition) is 1. The summed E-state index contributed by atoms with van der Waals surface area (Å²) in [5, 5.41) is 2.45. The number of carbonyl (C=O) groups excluding carboxylic acids is 1. The van der Waals surface area contributed by atoms with Crippen LogP contribution in [-0.2, 0) is 0 Å². The quantitative estimate of drug-likeness (QED) is 0.750. The largest absolute Gasteiger partial charge is 0.491 e. The molecule has 2 rings (SSSR count). The number of anilines is 1. The highest BCUT2D eigenvalue weighted by molar-refractivity contribution is 9.10. The predicted molar refractivity (Wildman–Crippen MR) is 86.3 cm³/mol. The van der Waals surface area contributed by atoms with Gasteiger partial charge in [-0.2, -0.15) is 8.78 Å². The third-order valence-electron chi connectivity index (χ3n) is 2.89. The Morgan fingerprint density at radius 1 is 1.29 bits per heavy atom. The van der Waals surface area contributed by atoms with Gasteiger partial charge in [0, 0.05) is 6.07 Å². The van der Waals surface area contributed by atoms with E-state index < -0.39 is 18.3 Å². The molecule has 0 bridgehead atoms. The van der Waals surface area contributed by atoms with Crippen molar-refractivity contribution in [3.63, 3.8) is 0 Å². The van der Waals surface area contributed by atoms with Crippen molar-refractivity contribution < 1.29 is 27.4 Å². The molecule has 0 aliphatic heterocycles. The van der Waals surface area contributed by atoms with Crippen molar-refractivity contribution in [1.29, 1.82) is 0 Å². The maximum atomic E-state index is 13.6. The van der Waals surface area contributed by atoms with E-state index in [9.17, 15) is 18.0 Å². The van der Waals surface area contributed by atoms with E-state index >= 15 is 0 Å². The summed E-state index contributed by atoms with van der Waals surface area (Å²) in [6.45, 7) is -1.05. The van der Waals surface area contributed by atoms with E-state index in [2.05, 4.69) is 26.0 Å². The lowest BCUT2D eigenvalue weighted by molar-refractivity contribution is -0.0501. The summed E-state index contributed by atoms with van der Waals surface area (Å²) in [6.07, 6.45) is 0. The molecular formula is C16H13BrF3NO3. The zero-order valence-corrected chi connectivity index (χ0v) is 14.1. The molecule has 0 saturated heterocycles. The lowest BCUT2D eigenvalue weighted by atomic mass is 10.1. The van der Waals surface area contributed by atoms with Crippen LogP contribution in [0.3, 0.4) is 0 Å². The van der Waals surface area contributed by atoms with E-state index in [4.69, 9.17) is 4.74 Å². The van der Waals surface area contributed by atoms with Crippen LogP contribution in [0.4, 0.5) is 18.9 Å². The summed E-state index contributed by atoms with van der Waals surface area (Å²) in [5.74, 6) is -1.37. The van der Waals surface area contributed by atoms with Crippen molar-refractivity contribution in [3.8, 4) is 11.5 Å². The highest BCUT2D eigenvalue weighted by atomic mass is 79.9. The van der Waals surface area contributed by atoms with E-state index in [0.717, 1.165) is 6.07 Å². The Hall–Kier alpha value is -2.22. The lowest BCUT2D eigenvalue weighted by Gasteiger charge is -2.15. The van der Waals surface area contributed by atoms with E-state index in [1.807, 2.05) is 0 Å². The van der Waals surface area contributed by atoms with Crippen LogP contribution in [0.25, 0.3) is 0 Å². The number of amides is 1. The summed E-state index contributed by atoms with van der Waals surface area (Å²) in [6, 6.07) is 7.78. The van der Waals surface area contributed by atoms with Crippen molar-refractivity contribution in [2.75, 3.05) is 11.9 Å². The van der Waals surface area contributed by atoms with Crippen LogP contribution in [0.2, 0.25) is 0 Å². The van der Waals surface area contributed by atoms with Gasteiger partial charge in [-0.1, -0.05) is 12.1 Å². The molecule has 0 unspecified atom stereocenters. The number of nitrogens with one attached hydrogen (secondary N) is 1. The smallest absolute Gasteiger partial charge is 0.387 e. The molecule has 0 radical (unpaired) electrons. The SMILES string of the molecule is CCOc1c(Br)cc(F)cc1NC(=O)c1ccccc1OC(F)F. The molecule has 8 heteroatoms. The molecule has 0 spiro atoms. The fraction of sp³-hybridized carbons (Fsp3) is 0.188. The maximum absolute atomic E-state index is 13.6. The van der Waals surface area contributed by atoms with Crippen LogP contribution >= 0.6 is 15.9 Å². The summed E-state index contributed by atoms with van der Waals surface area (Å²) < 4.78 is 48.5. The highest BCUT2D eigenvalue weighted by Gasteiger charge is 2.18. The maximum Gasteiger partial charge on any atom is 0.387 e. The fourth-order valence-corrected chi connectivity index (χ4v) is 2.53. The van der Waals surface area contributed by atoms with Crippen molar-refractivity contribution in [1.82, 2.24) is 0 Å². The number of carbonyl (C=O) groups is 1. The molecule has 0 saturated carbocycles. The molecule has 1 amide bonds. The van der Waals surface area contributed by atoms with E-state index in [1.165, 1.54) is 30.3 Å². The minimum Gasteiger partial charge on any atom is -0.491 e. The van der Waals surface area contributed by atoms with Gasteiger partial charge in [-0.15, -0.1) is 0 Å². The van der Waals surface area contributed by atoms with Crippen LogP contribution in [-0.4, -0.2) is 19.1 Å². The monoisotopic (exact) mass is 403 g/mol. The molecule has 0 atom stereocenters. The summed E-state index contributed by atoms with van der Waals surface area (Å²) in [7, 11) is 0. The molecule has 2 aromatic carbocycles. The molecule has 2 aromatic rings.